The van der Waals surface area contributed by atoms with Crippen LogP contribution in [0.1, 0.15) is 16.7 Å². The zero-order valence-electron chi connectivity index (χ0n) is 16.3. The number of aromatic hydroxyl groups is 1. The first-order valence-electron chi connectivity index (χ1n) is 8.96. The van der Waals surface area contributed by atoms with Crippen molar-refractivity contribution in [1.29, 1.82) is 0 Å². The van der Waals surface area contributed by atoms with Crippen LogP contribution < -0.4 is 15.5 Å². The monoisotopic (exact) mass is 361 g/mol. The second kappa shape index (κ2) is 7.33. The summed E-state index contributed by atoms with van der Waals surface area (Å²) in [6.45, 7) is 0. The van der Waals surface area contributed by atoms with E-state index in [9.17, 15) is 5.11 Å². The van der Waals surface area contributed by atoms with Crippen molar-refractivity contribution in [1.82, 2.24) is 0 Å². The van der Waals surface area contributed by atoms with Gasteiger partial charge in [0.25, 0.3) is 0 Å². The Balaban J connectivity index is 2.17. The van der Waals surface area contributed by atoms with Crippen molar-refractivity contribution in [3.8, 4) is 5.75 Å². The minimum absolute atomic E-state index is 0.206. The Morgan fingerprint density at radius 2 is 1.11 bits per heavy atom. The van der Waals surface area contributed by atoms with Gasteiger partial charge in [0.05, 0.1) is 5.54 Å². The maximum Gasteiger partial charge on any atom is 0.115 e. The lowest BCUT2D eigenvalue weighted by Crippen LogP contribution is -2.39. The van der Waals surface area contributed by atoms with Gasteiger partial charge in [0.1, 0.15) is 5.75 Å². The van der Waals surface area contributed by atoms with Crippen LogP contribution in [0.4, 0.5) is 11.4 Å². The summed E-state index contributed by atoms with van der Waals surface area (Å²) in [6, 6.07) is 23.7. The summed E-state index contributed by atoms with van der Waals surface area (Å²) >= 11 is 0. The molecule has 0 saturated carbocycles. The Labute approximate surface area is 161 Å². The molecule has 0 aliphatic rings. The van der Waals surface area contributed by atoms with Crippen LogP contribution in [-0.4, -0.2) is 33.3 Å². The molecule has 3 aromatic rings. The highest BCUT2D eigenvalue weighted by Crippen LogP contribution is 2.36. The minimum Gasteiger partial charge on any atom is -0.508 e. The molecule has 0 saturated heterocycles. The number of phenolic OH excluding ortho intramolecular Hbond substituents is 1. The molecule has 0 amide bonds. The SMILES string of the molecule is CN(C)c1ccc(C(N)(c2ccc(N(C)C)cc2)c2cccc(O)c2)cc1. The van der Waals surface area contributed by atoms with E-state index >= 15 is 0 Å². The number of rotatable bonds is 5. The molecule has 0 heterocycles. The summed E-state index contributed by atoms with van der Waals surface area (Å²) in [7, 11) is 8.06. The number of hydrogen-bond donors (Lipinski definition) is 2. The van der Waals surface area contributed by atoms with Gasteiger partial charge in [0.15, 0.2) is 0 Å². The number of nitrogens with two attached hydrogens (primary N) is 1. The second-order valence-corrected chi connectivity index (χ2v) is 7.24. The van der Waals surface area contributed by atoms with Crippen molar-refractivity contribution in [2.24, 2.45) is 5.73 Å². The van der Waals surface area contributed by atoms with Gasteiger partial charge in [-0.25, -0.2) is 0 Å². The highest BCUT2D eigenvalue weighted by molar-refractivity contribution is 5.56. The van der Waals surface area contributed by atoms with E-state index in [2.05, 4.69) is 58.3 Å². The third-order valence-corrected chi connectivity index (χ3v) is 4.98. The van der Waals surface area contributed by atoms with Gasteiger partial charge < -0.3 is 20.6 Å². The normalized spacial score (nSPS) is 11.3. The summed E-state index contributed by atoms with van der Waals surface area (Å²) < 4.78 is 0. The molecule has 4 heteroatoms. The molecule has 0 bridgehead atoms. The maximum absolute atomic E-state index is 10.0. The van der Waals surface area contributed by atoms with Crippen LogP contribution >= 0.6 is 0 Å². The van der Waals surface area contributed by atoms with Crippen LogP contribution in [0.5, 0.6) is 5.75 Å². The Morgan fingerprint density at radius 3 is 1.48 bits per heavy atom. The Bertz CT molecular complexity index is 848. The van der Waals surface area contributed by atoms with E-state index in [1.165, 1.54) is 0 Å². The topological polar surface area (TPSA) is 52.7 Å². The fraction of sp³-hybridized carbons (Fsp3) is 0.217. The standard InChI is InChI=1S/C23H27N3O/c1-25(2)20-12-8-17(9-13-20)23(24,19-6-5-7-22(27)16-19)18-10-14-21(15-11-18)26(3)4/h5-16,27H,24H2,1-4H3. The largest absolute Gasteiger partial charge is 0.508 e. The zero-order chi connectivity index (χ0) is 19.6. The Morgan fingerprint density at radius 1 is 0.667 bits per heavy atom. The first-order chi connectivity index (χ1) is 12.8. The van der Waals surface area contributed by atoms with Gasteiger partial charge >= 0.3 is 0 Å². The van der Waals surface area contributed by atoms with E-state index in [0.717, 1.165) is 28.1 Å². The molecular formula is C23H27N3O. The molecule has 0 radical (unpaired) electrons. The van der Waals surface area contributed by atoms with E-state index in [1.54, 1.807) is 12.1 Å². The summed E-state index contributed by atoms with van der Waals surface area (Å²) in [5, 5.41) is 10.0. The maximum atomic E-state index is 10.0. The molecule has 0 aromatic heterocycles. The zero-order valence-corrected chi connectivity index (χ0v) is 16.3. The average molecular weight is 361 g/mol. The third kappa shape index (κ3) is 3.62. The first kappa shape index (κ1) is 18.8. The van der Waals surface area contributed by atoms with Gasteiger partial charge in [-0.1, -0.05) is 36.4 Å². The van der Waals surface area contributed by atoms with Gasteiger partial charge in [-0.05, 0) is 53.1 Å². The van der Waals surface area contributed by atoms with Crippen LogP contribution in [0.2, 0.25) is 0 Å². The van der Waals surface area contributed by atoms with Gasteiger partial charge in [0, 0.05) is 39.6 Å². The van der Waals surface area contributed by atoms with Crippen molar-refractivity contribution in [2.45, 2.75) is 5.54 Å². The Kier molecular flexibility index (Phi) is 5.10. The molecule has 0 atom stereocenters. The lowest BCUT2D eigenvalue weighted by Gasteiger charge is -2.32. The number of nitrogens with zero attached hydrogens (tertiary/aromatic N) is 2. The number of benzene rings is 3. The first-order valence-corrected chi connectivity index (χ1v) is 8.96. The van der Waals surface area contributed by atoms with Gasteiger partial charge in [-0.15, -0.1) is 0 Å². The van der Waals surface area contributed by atoms with Crippen molar-refractivity contribution in [3.05, 3.63) is 89.5 Å². The van der Waals surface area contributed by atoms with Crippen LogP contribution in [0.25, 0.3) is 0 Å². The van der Waals surface area contributed by atoms with Crippen LogP contribution in [-0.2, 0) is 5.54 Å². The van der Waals surface area contributed by atoms with E-state index in [-0.39, 0.29) is 5.75 Å². The van der Waals surface area contributed by atoms with Crippen LogP contribution in [0, 0.1) is 0 Å². The van der Waals surface area contributed by atoms with E-state index < -0.39 is 5.54 Å². The smallest absolute Gasteiger partial charge is 0.115 e. The molecular weight excluding hydrogens is 334 g/mol. The van der Waals surface area contributed by atoms with Gasteiger partial charge in [-0.3, -0.25) is 0 Å². The van der Waals surface area contributed by atoms with Crippen molar-refractivity contribution in [3.63, 3.8) is 0 Å². The molecule has 0 fully saturated rings. The summed E-state index contributed by atoms with van der Waals surface area (Å²) in [6.07, 6.45) is 0. The lowest BCUT2D eigenvalue weighted by atomic mass is 9.78. The lowest BCUT2D eigenvalue weighted by molar-refractivity contribution is 0.472. The highest BCUT2D eigenvalue weighted by atomic mass is 16.3. The average Bonchev–Trinajstić information content (AvgIpc) is 2.67. The summed E-state index contributed by atoms with van der Waals surface area (Å²) in [5.74, 6) is 0.206. The Hall–Kier alpha value is -2.98. The molecule has 0 unspecified atom stereocenters. The molecule has 0 aliphatic heterocycles. The molecule has 3 rings (SSSR count). The highest BCUT2D eigenvalue weighted by Gasteiger charge is 2.32. The fourth-order valence-electron chi connectivity index (χ4n) is 3.30. The molecule has 27 heavy (non-hydrogen) atoms. The second-order valence-electron chi connectivity index (χ2n) is 7.24. The van der Waals surface area contributed by atoms with Gasteiger partial charge in [0.2, 0.25) is 0 Å². The molecule has 140 valence electrons. The predicted molar refractivity (Wildman–Crippen MR) is 114 cm³/mol. The fourth-order valence-corrected chi connectivity index (χ4v) is 3.30. The molecule has 0 aliphatic carbocycles. The molecule has 0 spiro atoms. The molecule has 3 aromatic carbocycles. The number of anilines is 2. The number of hydrogen-bond acceptors (Lipinski definition) is 4. The van der Waals surface area contributed by atoms with Crippen molar-refractivity contribution < 1.29 is 5.11 Å². The van der Waals surface area contributed by atoms with Crippen LogP contribution in [0.3, 0.4) is 0 Å². The molecule has 4 nitrogen and oxygen atoms in total. The number of phenols is 1. The van der Waals surface area contributed by atoms with Crippen molar-refractivity contribution >= 4 is 11.4 Å². The van der Waals surface area contributed by atoms with Crippen molar-refractivity contribution in [2.75, 3.05) is 38.0 Å². The van der Waals surface area contributed by atoms with E-state index in [4.69, 9.17) is 5.73 Å². The van der Waals surface area contributed by atoms with Crippen LogP contribution in [0.15, 0.2) is 72.8 Å². The van der Waals surface area contributed by atoms with E-state index in [1.807, 2.05) is 40.3 Å². The van der Waals surface area contributed by atoms with Gasteiger partial charge in [-0.2, -0.15) is 0 Å². The summed E-state index contributed by atoms with van der Waals surface area (Å²) in [5.41, 5.74) is 11.2. The summed E-state index contributed by atoms with van der Waals surface area (Å²) in [4.78, 5) is 4.12. The minimum atomic E-state index is -0.867. The third-order valence-electron chi connectivity index (χ3n) is 4.98. The predicted octanol–water partition coefficient (Wildman–Crippen LogP) is 3.77. The van der Waals surface area contributed by atoms with E-state index in [0.29, 0.717) is 0 Å². The quantitative estimate of drug-likeness (QED) is 0.679. The molecule has 3 N–H and O–H groups in total.